The number of nitrogens with two attached hydrogens (primary N) is 1. The third kappa shape index (κ3) is 2.49. The van der Waals surface area contributed by atoms with Crippen LogP contribution in [0, 0.1) is 0 Å². The van der Waals surface area contributed by atoms with Gasteiger partial charge in [-0.05, 0) is 12.1 Å². The molecule has 1 aromatic heterocycles. The molecule has 102 valence electrons. The van der Waals surface area contributed by atoms with Crippen LogP contribution in [0.3, 0.4) is 0 Å². The van der Waals surface area contributed by atoms with Gasteiger partial charge in [-0.15, -0.1) is 0 Å². The van der Waals surface area contributed by atoms with Crippen LogP contribution in [0.5, 0.6) is 0 Å². The van der Waals surface area contributed by atoms with Gasteiger partial charge in [0, 0.05) is 32.6 Å². The summed E-state index contributed by atoms with van der Waals surface area (Å²) in [6, 6.07) is 3.77. The van der Waals surface area contributed by atoms with Crippen molar-refractivity contribution in [2.45, 2.75) is 12.5 Å². The molecule has 0 amide bonds. The number of cyclic esters (lactones) is 1. The fourth-order valence-electron chi connectivity index (χ4n) is 2.69. The van der Waals surface area contributed by atoms with E-state index in [-0.39, 0.29) is 12.0 Å². The Morgan fingerprint density at radius 2 is 2.05 bits per heavy atom. The lowest BCUT2D eigenvalue weighted by Crippen LogP contribution is -2.51. The predicted molar refractivity (Wildman–Crippen MR) is 71.8 cm³/mol. The Bertz CT molecular complexity index is 454. The zero-order valence-corrected chi connectivity index (χ0v) is 10.8. The normalized spacial score (nSPS) is 24.5. The summed E-state index contributed by atoms with van der Waals surface area (Å²) in [5.41, 5.74) is 6.67. The van der Waals surface area contributed by atoms with Crippen molar-refractivity contribution in [2.75, 3.05) is 43.4 Å². The highest BCUT2D eigenvalue weighted by Gasteiger charge is 2.33. The number of ether oxygens (including phenoxy) is 1. The van der Waals surface area contributed by atoms with Crippen molar-refractivity contribution < 1.29 is 9.53 Å². The Kier molecular flexibility index (Phi) is 3.25. The number of piperazine rings is 1. The minimum Gasteiger partial charge on any atom is -0.464 e. The molecule has 6 heteroatoms. The Morgan fingerprint density at radius 3 is 2.63 bits per heavy atom. The average molecular weight is 262 g/mol. The van der Waals surface area contributed by atoms with E-state index in [1.54, 1.807) is 6.20 Å². The van der Waals surface area contributed by atoms with Crippen LogP contribution < -0.4 is 10.6 Å². The summed E-state index contributed by atoms with van der Waals surface area (Å²) >= 11 is 0. The standard InChI is InChI=1S/C13H18N4O2/c14-12-2-1-10(9-15-12)16-4-6-17(7-5-16)11-3-8-19-13(11)18/h1-2,9,11H,3-8H2,(H2,14,15). The molecule has 3 heterocycles. The molecule has 3 rings (SSSR count). The molecule has 1 unspecified atom stereocenters. The van der Waals surface area contributed by atoms with E-state index in [0.717, 1.165) is 38.3 Å². The molecule has 0 aromatic carbocycles. The maximum atomic E-state index is 11.6. The van der Waals surface area contributed by atoms with Gasteiger partial charge in [-0.25, -0.2) is 4.98 Å². The molecule has 2 N–H and O–H groups in total. The number of nitrogens with zero attached hydrogens (tertiary/aromatic N) is 3. The molecule has 0 saturated carbocycles. The van der Waals surface area contributed by atoms with E-state index in [4.69, 9.17) is 10.5 Å². The number of rotatable bonds is 2. The van der Waals surface area contributed by atoms with Gasteiger partial charge in [0.15, 0.2) is 0 Å². The van der Waals surface area contributed by atoms with Gasteiger partial charge in [-0.3, -0.25) is 9.69 Å². The van der Waals surface area contributed by atoms with Crippen LogP contribution in [0.2, 0.25) is 0 Å². The van der Waals surface area contributed by atoms with Gasteiger partial charge in [0.25, 0.3) is 0 Å². The van der Waals surface area contributed by atoms with E-state index >= 15 is 0 Å². The van der Waals surface area contributed by atoms with Crippen LogP contribution in [0.1, 0.15) is 6.42 Å². The van der Waals surface area contributed by atoms with E-state index < -0.39 is 0 Å². The van der Waals surface area contributed by atoms with Gasteiger partial charge >= 0.3 is 5.97 Å². The van der Waals surface area contributed by atoms with Gasteiger partial charge in [0.2, 0.25) is 0 Å². The van der Waals surface area contributed by atoms with E-state index in [9.17, 15) is 4.79 Å². The van der Waals surface area contributed by atoms with Crippen LogP contribution in [-0.2, 0) is 9.53 Å². The SMILES string of the molecule is Nc1ccc(N2CCN(C3CCOC3=O)CC2)cn1. The maximum Gasteiger partial charge on any atom is 0.323 e. The van der Waals surface area contributed by atoms with Crippen LogP contribution >= 0.6 is 0 Å². The molecule has 0 spiro atoms. The molecule has 2 aliphatic heterocycles. The van der Waals surface area contributed by atoms with E-state index in [1.165, 1.54) is 0 Å². The summed E-state index contributed by atoms with van der Waals surface area (Å²) in [4.78, 5) is 20.2. The van der Waals surface area contributed by atoms with Gasteiger partial charge in [0.1, 0.15) is 11.9 Å². The largest absolute Gasteiger partial charge is 0.464 e. The first-order valence-electron chi connectivity index (χ1n) is 6.61. The molecule has 0 aliphatic carbocycles. The number of esters is 1. The van der Waals surface area contributed by atoms with Gasteiger partial charge in [-0.2, -0.15) is 0 Å². The molecule has 0 radical (unpaired) electrons. The maximum absolute atomic E-state index is 11.6. The van der Waals surface area contributed by atoms with Crippen molar-refractivity contribution >= 4 is 17.5 Å². The van der Waals surface area contributed by atoms with Crippen molar-refractivity contribution in [2.24, 2.45) is 0 Å². The second-order valence-corrected chi connectivity index (χ2v) is 4.94. The van der Waals surface area contributed by atoms with Crippen molar-refractivity contribution in [3.05, 3.63) is 18.3 Å². The van der Waals surface area contributed by atoms with E-state index in [2.05, 4.69) is 14.8 Å². The number of carbonyl (C=O) groups excluding carboxylic acids is 1. The molecule has 2 saturated heterocycles. The molecule has 2 fully saturated rings. The number of anilines is 2. The van der Waals surface area contributed by atoms with Crippen molar-refractivity contribution in [1.29, 1.82) is 0 Å². The first kappa shape index (κ1) is 12.2. The van der Waals surface area contributed by atoms with Crippen molar-refractivity contribution in [3.63, 3.8) is 0 Å². The van der Waals surface area contributed by atoms with Crippen molar-refractivity contribution in [1.82, 2.24) is 9.88 Å². The van der Waals surface area contributed by atoms with Gasteiger partial charge in [-0.1, -0.05) is 0 Å². The monoisotopic (exact) mass is 262 g/mol. The summed E-state index contributed by atoms with van der Waals surface area (Å²) in [6.45, 7) is 4.12. The lowest BCUT2D eigenvalue weighted by molar-refractivity contribution is -0.142. The predicted octanol–water partition coefficient (Wildman–Crippen LogP) is 0.101. The summed E-state index contributed by atoms with van der Waals surface area (Å²) in [7, 11) is 0. The quantitative estimate of drug-likeness (QED) is 0.762. The molecule has 19 heavy (non-hydrogen) atoms. The zero-order chi connectivity index (χ0) is 13.2. The smallest absolute Gasteiger partial charge is 0.323 e. The number of hydrogen-bond acceptors (Lipinski definition) is 6. The number of nitrogen functional groups attached to an aromatic ring is 1. The summed E-state index contributed by atoms with van der Waals surface area (Å²) in [5, 5.41) is 0. The topological polar surface area (TPSA) is 71.7 Å². The van der Waals surface area contributed by atoms with Crippen LogP contribution in [0.15, 0.2) is 18.3 Å². The van der Waals surface area contributed by atoms with Crippen molar-refractivity contribution in [3.8, 4) is 0 Å². The molecular formula is C13H18N4O2. The second-order valence-electron chi connectivity index (χ2n) is 4.94. The Labute approximate surface area is 112 Å². The van der Waals surface area contributed by atoms with Gasteiger partial charge < -0.3 is 15.4 Å². The summed E-state index contributed by atoms with van der Waals surface area (Å²) in [6.07, 6.45) is 2.62. The highest BCUT2D eigenvalue weighted by Crippen LogP contribution is 2.20. The number of hydrogen-bond donors (Lipinski definition) is 1. The first-order chi connectivity index (χ1) is 9.24. The molecular weight excluding hydrogens is 244 g/mol. The molecule has 0 bridgehead atoms. The van der Waals surface area contributed by atoms with E-state index in [1.807, 2.05) is 12.1 Å². The summed E-state index contributed by atoms with van der Waals surface area (Å²) in [5.74, 6) is 0.471. The van der Waals surface area contributed by atoms with Gasteiger partial charge in [0.05, 0.1) is 18.5 Å². The third-order valence-electron chi connectivity index (χ3n) is 3.80. The van der Waals surface area contributed by atoms with Crippen LogP contribution in [0.25, 0.3) is 0 Å². The van der Waals surface area contributed by atoms with E-state index in [0.29, 0.717) is 12.4 Å². The minimum absolute atomic E-state index is 0.0355. The third-order valence-corrected chi connectivity index (χ3v) is 3.80. The van der Waals surface area contributed by atoms with Crippen LogP contribution in [-0.4, -0.2) is 54.7 Å². The fraction of sp³-hybridized carbons (Fsp3) is 0.538. The van der Waals surface area contributed by atoms with Crippen LogP contribution in [0.4, 0.5) is 11.5 Å². The minimum atomic E-state index is -0.0670. The highest BCUT2D eigenvalue weighted by atomic mass is 16.5. The molecule has 1 atom stereocenters. The number of carbonyl (C=O) groups is 1. The number of pyridine rings is 1. The fourth-order valence-corrected chi connectivity index (χ4v) is 2.69. The summed E-state index contributed by atoms with van der Waals surface area (Å²) < 4.78 is 5.03. The zero-order valence-electron chi connectivity index (χ0n) is 10.8. The molecule has 1 aromatic rings. The Morgan fingerprint density at radius 1 is 1.26 bits per heavy atom. The lowest BCUT2D eigenvalue weighted by atomic mass is 10.1. The molecule has 2 aliphatic rings. The average Bonchev–Trinajstić information content (AvgIpc) is 2.86. The first-order valence-corrected chi connectivity index (χ1v) is 6.61. The number of aromatic nitrogens is 1. The Balaban J connectivity index is 1.60. The second kappa shape index (κ2) is 5.05. The Hall–Kier alpha value is -1.82. The molecule has 6 nitrogen and oxygen atoms in total. The highest BCUT2D eigenvalue weighted by molar-refractivity contribution is 5.77. The lowest BCUT2D eigenvalue weighted by Gasteiger charge is -2.37.